The summed E-state index contributed by atoms with van der Waals surface area (Å²) in [5, 5.41) is 11.7. The van der Waals surface area contributed by atoms with Gasteiger partial charge in [-0.15, -0.1) is 6.58 Å². The van der Waals surface area contributed by atoms with E-state index in [4.69, 9.17) is 9.47 Å². The SMILES string of the molecule is C=CCc1cc(/C=C2/SC(=NC)N(C)C2=O)cc(OC)c1OCc1cccc([N+](=O)[O-])c1. The summed E-state index contributed by atoms with van der Waals surface area (Å²) >= 11 is 1.31. The van der Waals surface area contributed by atoms with E-state index in [1.807, 2.05) is 6.07 Å². The molecule has 1 amide bonds. The zero-order valence-corrected chi connectivity index (χ0v) is 18.8. The van der Waals surface area contributed by atoms with Crippen molar-refractivity contribution < 1.29 is 19.2 Å². The van der Waals surface area contributed by atoms with E-state index in [-0.39, 0.29) is 18.2 Å². The van der Waals surface area contributed by atoms with E-state index in [0.717, 1.165) is 11.1 Å². The van der Waals surface area contributed by atoms with Gasteiger partial charge in [-0.05, 0) is 47.5 Å². The maximum atomic E-state index is 12.5. The van der Waals surface area contributed by atoms with Crippen LogP contribution in [0.5, 0.6) is 11.5 Å². The van der Waals surface area contributed by atoms with Crippen LogP contribution in [0.2, 0.25) is 0 Å². The Hall–Kier alpha value is -3.59. The van der Waals surface area contributed by atoms with Crippen LogP contribution in [0.15, 0.2) is 59.0 Å². The lowest BCUT2D eigenvalue weighted by molar-refractivity contribution is -0.384. The van der Waals surface area contributed by atoms with Gasteiger partial charge in [0.2, 0.25) is 0 Å². The number of hydrogen-bond donors (Lipinski definition) is 0. The number of carbonyl (C=O) groups is 1. The van der Waals surface area contributed by atoms with E-state index in [9.17, 15) is 14.9 Å². The van der Waals surface area contributed by atoms with Crippen molar-refractivity contribution in [2.45, 2.75) is 13.0 Å². The van der Waals surface area contributed by atoms with Crippen molar-refractivity contribution in [2.75, 3.05) is 21.2 Å². The third kappa shape index (κ3) is 5.00. The maximum Gasteiger partial charge on any atom is 0.269 e. The third-order valence-electron chi connectivity index (χ3n) is 4.74. The Morgan fingerprint density at radius 2 is 2.09 bits per heavy atom. The van der Waals surface area contributed by atoms with E-state index in [0.29, 0.717) is 33.6 Å². The number of nitrogens with zero attached hydrogens (tertiary/aromatic N) is 3. The molecule has 1 aliphatic heterocycles. The average molecular weight is 454 g/mol. The molecule has 0 bridgehead atoms. The number of amidine groups is 1. The fraction of sp³-hybridized carbons (Fsp3) is 0.217. The lowest BCUT2D eigenvalue weighted by Crippen LogP contribution is -2.23. The minimum Gasteiger partial charge on any atom is -0.493 e. The van der Waals surface area contributed by atoms with Crippen molar-refractivity contribution in [3.63, 3.8) is 0 Å². The van der Waals surface area contributed by atoms with Crippen LogP contribution in [-0.2, 0) is 17.8 Å². The highest BCUT2D eigenvalue weighted by atomic mass is 32.2. The number of likely N-dealkylation sites (N-methyl/N-ethyl adjacent to an activating group) is 1. The van der Waals surface area contributed by atoms with Crippen molar-refractivity contribution >= 4 is 34.6 Å². The largest absolute Gasteiger partial charge is 0.493 e. The third-order valence-corrected chi connectivity index (χ3v) is 5.89. The minimum absolute atomic E-state index is 0.00467. The standard InChI is InChI=1S/C23H23N3O5S/c1-5-7-17-10-16(13-20-22(27)25(3)23(24-2)32-20)12-19(30-4)21(17)31-14-15-8-6-9-18(11-15)26(28)29/h5-6,8-13H,1,7,14H2,2-4H3/b20-13+,24-23?. The molecule has 1 heterocycles. The number of nitro benzene ring substituents is 1. The Labute approximate surface area is 190 Å². The van der Waals surface area contributed by atoms with Gasteiger partial charge in [0.15, 0.2) is 16.7 Å². The number of amides is 1. The smallest absolute Gasteiger partial charge is 0.269 e. The average Bonchev–Trinajstić information content (AvgIpc) is 3.06. The number of hydrogen-bond acceptors (Lipinski definition) is 7. The Bertz CT molecular complexity index is 1130. The summed E-state index contributed by atoms with van der Waals surface area (Å²) < 4.78 is 11.6. The quantitative estimate of drug-likeness (QED) is 0.254. The number of non-ortho nitro benzene ring substituents is 1. The van der Waals surface area contributed by atoms with Crippen molar-refractivity contribution in [2.24, 2.45) is 4.99 Å². The zero-order chi connectivity index (χ0) is 23.3. The zero-order valence-electron chi connectivity index (χ0n) is 18.0. The van der Waals surface area contributed by atoms with Crippen LogP contribution >= 0.6 is 11.8 Å². The van der Waals surface area contributed by atoms with Gasteiger partial charge in [0.05, 0.1) is 16.9 Å². The maximum absolute atomic E-state index is 12.5. The highest BCUT2D eigenvalue weighted by Crippen LogP contribution is 2.37. The summed E-state index contributed by atoms with van der Waals surface area (Å²) in [5.74, 6) is 0.903. The highest BCUT2D eigenvalue weighted by Gasteiger charge is 2.29. The van der Waals surface area contributed by atoms with E-state index in [1.54, 1.807) is 44.4 Å². The van der Waals surface area contributed by atoms with Crippen LogP contribution in [0.1, 0.15) is 16.7 Å². The van der Waals surface area contributed by atoms with Crippen LogP contribution in [-0.4, -0.2) is 42.1 Å². The van der Waals surface area contributed by atoms with Crippen molar-refractivity contribution in [3.05, 3.63) is 80.8 Å². The van der Waals surface area contributed by atoms with Gasteiger partial charge in [-0.3, -0.25) is 24.8 Å². The van der Waals surface area contributed by atoms with Gasteiger partial charge >= 0.3 is 0 Å². The molecule has 0 unspecified atom stereocenters. The van der Waals surface area contributed by atoms with Crippen molar-refractivity contribution in [3.8, 4) is 11.5 Å². The number of nitro groups is 1. The monoisotopic (exact) mass is 453 g/mol. The molecule has 1 aliphatic rings. The number of ether oxygens (including phenoxy) is 2. The van der Waals surface area contributed by atoms with Crippen LogP contribution in [0.4, 0.5) is 5.69 Å². The number of benzene rings is 2. The number of aliphatic imine (C=N–C) groups is 1. The molecule has 2 aromatic carbocycles. The van der Waals surface area contributed by atoms with Crippen molar-refractivity contribution in [1.29, 1.82) is 0 Å². The topological polar surface area (TPSA) is 94.3 Å². The van der Waals surface area contributed by atoms with E-state index in [2.05, 4.69) is 11.6 Å². The molecule has 0 N–H and O–H groups in total. The molecule has 2 aromatic rings. The Morgan fingerprint density at radius 1 is 1.31 bits per heavy atom. The molecule has 8 nitrogen and oxygen atoms in total. The molecule has 1 fully saturated rings. The fourth-order valence-corrected chi connectivity index (χ4v) is 4.13. The summed E-state index contributed by atoms with van der Waals surface area (Å²) in [4.78, 5) is 29.3. The molecule has 0 spiro atoms. The van der Waals surface area contributed by atoms with Gasteiger partial charge < -0.3 is 9.47 Å². The molecule has 0 aromatic heterocycles. The van der Waals surface area contributed by atoms with Gasteiger partial charge in [-0.2, -0.15) is 0 Å². The molecule has 0 radical (unpaired) electrons. The molecule has 0 atom stereocenters. The molecule has 3 rings (SSSR count). The Morgan fingerprint density at radius 3 is 2.72 bits per heavy atom. The first-order valence-corrected chi connectivity index (χ1v) is 10.5. The predicted molar refractivity (Wildman–Crippen MR) is 126 cm³/mol. The second-order valence-corrected chi connectivity index (χ2v) is 7.91. The summed E-state index contributed by atoms with van der Waals surface area (Å²) in [6.45, 7) is 3.95. The first-order valence-electron chi connectivity index (χ1n) is 9.70. The van der Waals surface area contributed by atoms with Crippen LogP contribution in [0, 0.1) is 10.1 Å². The molecule has 0 saturated carbocycles. The first-order chi connectivity index (χ1) is 15.4. The Balaban J connectivity index is 1.93. The van der Waals surface area contributed by atoms with E-state index < -0.39 is 4.92 Å². The van der Waals surface area contributed by atoms with Gasteiger partial charge in [0.25, 0.3) is 11.6 Å². The molecule has 166 valence electrons. The lowest BCUT2D eigenvalue weighted by atomic mass is 10.0. The lowest BCUT2D eigenvalue weighted by Gasteiger charge is -2.16. The molecule has 32 heavy (non-hydrogen) atoms. The van der Waals surface area contributed by atoms with Crippen LogP contribution in [0.25, 0.3) is 6.08 Å². The molecule has 9 heteroatoms. The van der Waals surface area contributed by atoms with Gasteiger partial charge in [-0.1, -0.05) is 18.2 Å². The number of rotatable bonds is 8. The second-order valence-electron chi connectivity index (χ2n) is 6.90. The van der Waals surface area contributed by atoms with Gasteiger partial charge in [-0.25, -0.2) is 0 Å². The summed E-state index contributed by atoms with van der Waals surface area (Å²) in [5.41, 5.74) is 2.28. The van der Waals surface area contributed by atoms with Crippen LogP contribution < -0.4 is 9.47 Å². The van der Waals surface area contributed by atoms with Gasteiger partial charge in [0.1, 0.15) is 6.61 Å². The van der Waals surface area contributed by atoms with E-state index in [1.165, 1.54) is 35.9 Å². The number of methoxy groups -OCH3 is 1. The van der Waals surface area contributed by atoms with Crippen LogP contribution in [0.3, 0.4) is 0 Å². The summed E-state index contributed by atoms with van der Waals surface area (Å²) in [6.07, 6.45) is 4.05. The molecule has 0 aliphatic carbocycles. The number of carbonyl (C=O) groups excluding carboxylic acids is 1. The number of thioether (sulfide) groups is 1. The summed E-state index contributed by atoms with van der Waals surface area (Å²) in [7, 11) is 4.87. The Kier molecular flexibility index (Phi) is 7.32. The van der Waals surface area contributed by atoms with Gasteiger partial charge in [0, 0.05) is 31.8 Å². The first kappa shape index (κ1) is 23.1. The number of allylic oxidation sites excluding steroid dienone is 1. The molecular weight excluding hydrogens is 430 g/mol. The highest BCUT2D eigenvalue weighted by molar-refractivity contribution is 8.18. The predicted octanol–water partition coefficient (Wildman–Crippen LogP) is 4.44. The normalized spacial score (nSPS) is 16.0. The summed E-state index contributed by atoms with van der Waals surface area (Å²) in [6, 6.07) is 9.99. The van der Waals surface area contributed by atoms with Crippen molar-refractivity contribution in [1.82, 2.24) is 4.90 Å². The molecular formula is C23H23N3O5S. The fourth-order valence-electron chi connectivity index (χ4n) is 3.21. The minimum atomic E-state index is -0.441. The second kappa shape index (κ2) is 10.1. The van der Waals surface area contributed by atoms with E-state index >= 15 is 0 Å². The molecule has 1 saturated heterocycles.